The number of hydrogen-bond donors (Lipinski definition) is 3. The van der Waals surface area contributed by atoms with Crippen LogP contribution in [-0.2, 0) is 0 Å². The van der Waals surface area contributed by atoms with Crippen LogP contribution in [0.1, 0.15) is 10.4 Å². The summed E-state index contributed by atoms with van der Waals surface area (Å²) < 4.78 is 6.94. The van der Waals surface area contributed by atoms with Crippen molar-refractivity contribution in [3.63, 3.8) is 0 Å². The molecule has 0 aliphatic carbocycles. The van der Waals surface area contributed by atoms with E-state index >= 15 is 0 Å². The Morgan fingerprint density at radius 3 is 2.63 bits per heavy atom. The van der Waals surface area contributed by atoms with Crippen LogP contribution in [0.3, 0.4) is 0 Å². The lowest BCUT2D eigenvalue weighted by molar-refractivity contribution is 0.100. The number of rotatable bonds is 3. The Morgan fingerprint density at radius 1 is 1.19 bits per heavy atom. The maximum absolute atomic E-state index is 12.0. The van der Waals surface area contributed by atoms with Crippen molar-refractivity contribution >= 4 is 45.9 Å². The summed E-state index contributed by atoms with van der Waals surface area (Å²) in [5.41, 5.74) is 12.5. The third kappa shape index (κ3) is 2.68. The number of phenolic OH excluding ortho intramolecular Hbond substituents is 1. The number of hydrogen-bond acceptors (Lipinski definition) is 5. The summed E-state index contributed by atoms with van der Waals surface area (Å²) in [6, 6.07) is 11.8. The number of nitrogens with zero attached hydrogens (tertiary/aromatic N) is 2. The van der Waals surface area contributed by atoms with Crippen LogP contribution < -0.4 is 11.5 Å². The van der Waals surface area contributed by atoms with Gasteiger partial charge in [0.1, 0.15) is 39.1 Å². The molecule has 1 amide bonds. The average molecular weight is 403 g/mol. The Kier molecular flexibility index (Phi) is 3.98. The van der Waals surface area contributed by atoms with Gasteiger partial charge in [-0.3, -0.25) is 4.79 Å². The van der Waals surface area contributed by atoms with Crippen LogP contribution in [0, 0.1) is 0 Å². The van der Waals surface area contributed by atoms with Gasteiger partial charge in [-0.15, -0.1) is 0 Å². The van der Waals surface area contributed by atoms with Gasteiger partial charge in [0.25, 0.3) is 5.91 Å². The number of aromatic hydroxyl groups is 1. The zero-order chi connectivity index (χ0) is 19.3. The summed E-state index contributed by atoms with van der Waals surface area (Å²) in [5.74, 6) is -0.770. The highest BCUT2D eigenvalue weighted by Gasteiger charge is 2.27. The predicted molar refractivity (Wildman–Crippen MR) is 103 cm³/mol. The molecule has 4 aromatic rings. The van der Waals surface area contributed by atoms with Crippen LogP contribution in [0.2, 0.25) is 10.0 Å². The Balaban J connectivity index is 2.01. The monoisotopic (exact) mass is 402 g/mol. The number of para-hydroxylation sites is 1. The van der Waals surface area contributed by atoms with Crippen LogP contribution >= 0.6 is 23.2 Å². The molecule has 0 fully saturated rings. The molecule has 0 spiro atoms. The van der Waals surface area contributed by atoms with Gasteiger partial charge in [0.2, 0.25) is 0 Å². The van der Waals surface area contributed by atoms with E-state index in [0.717, 1.165) is 10.1 Å². The van der Waals surface area contributed by atoms with Gasteiger partial charge in [-0.1, -0.05) is 41.4 Å². The molecule has 2 aromatic carbocycles. The fourth-order valence-electron chi connectivity index (χ4n) is 2.84. The van der Waals surface area contributed by atoms with Crippen molar-refractivity contribution in [2.75, 3.05) is 5.73 Å². The first-order valence-electron chi connectivity index (χ1n) is 7.73. The van der Waals surface area contributed by atoms with Crippen LogP contribution in [0.5, 0.6) is 5.75 Å². The van der Waals surface area contributed by atoms with Gasteiger partial charge in [-0.05, 0) is 24.3 Å². The minimum atomic E-state index is -0.790. The molecular formula is C18H12Cl2N4O3. The lowest BCUT2D eigenvalue weighted by atomic mass is 10.1. The zero-order valence-corrected chi connectivity index (χ0v) is 15.1. The summed E-state index contributed by atoms with van der Waals surface area (Å²) in [6.45, 7) is 0. The van der Waals surface area contributed by atoms with Gasteiger partial charge in [0.05, 0.1) is 5.02 Å². The summed E-state index contributed by atoms with van der Waals surface area (Å²) in [5, 5.41) is 15.2. The molecule has 0 unspecified atom stereocenters. The van der Waals surface area contributed by atoms with Gasteiger partial charge >= 0.3 is 0 Å². The first-order chi connectivity index (χ1) is 12.9. The number of fused-ring (bicyclic) bond motifs is 1. The number of primary amides is 1. The molecular weight excluding hydrogens is 391 g/mol. The van der Waals surface area contributed by atoms with Crippen LogP contribution in [0.15, 0.2) is 46.9 Å². The summed E-state index contributed by atoms with van der Waals surface area (Å²) in [6.07, 6.45) is 0. The normalized spacial score (nSPS) is 11.2. The minimum Gasteiger partial charge on any atom is -0.506 e. The van der Waals surface area contributed by atoms with E-state index in [4.69, 9.17) is 39.1 Å². The lowest BCUT2D eigenvalue weighted by Gasteiger charge is -2.10. The molecule has 2 aromatic heterocycles. The zero-order valence-electron chi connectivity index (χ0n) is 13.6. The highest BCUT2D eigenvalue weighted by molar-refractivity contribution is 6.38. The molecule has 5 N–H and O–H groups in total. The quantitative estimate of drug-likeness (QED) is 0.478. The molecule has 0 atom stereocenters. The smallest absolute Gasteiger partial charge is 0.254 e. The molecule has 9 heteroatoms. The predicted octanol–water partition coefficient (Wildman–Crippen LogP) is 3.98. The molecule has 0 radical (unpaired) electrons. The minimum absolute atomic E-state index is 0.0375. The highest BCUT2D eigenvalue weighted by Crippen LogP contribution is 2.39. The summed E-state index contributed by atoms with van der Waals surface area (Å²) in [4.78, 5) is 12.0. The topological polar surface area (TPSA) is 120 Å². The summed E-state index contributed by atoms with van der Waals surface area (Å²) in [7, 11) is 0. The third-order valence-corrected chi connectivity index (χ3v) is 4.76. The van der Waals surface area contributed by atoms with E-state index in [1.807, 2.05) is 18.2 Å². The van der Waals surface area contributed by atoms with Crippen molar-refractivity contribution in [2.45, 2.75) is 0 Å². The standard InChI is InChI=1S/C18H12Cl2N4O3/c19-9-5-6-10(25)14(20)16(9)24-17(21)13(18(22)26)15(23-24)12-7-8-3-1-2-4-11(8)27-12/h1-7,25H,21H2,(H2,22,26). The number of halogens is 2. The fraction of sp³-hybridized carbons (Fsp3) is 0. The molecule has 2 heterocycles. The van der Waals surface area contributed by atoms with Gasteiger partial charge in [-0.2, -0.15) is 5.10 Å². The second-order valence-electron chi connectivity index (χ2n) is 5.76. The van der Waals surface area contributed by atoms with Crippen LogP contribution in [0.4, 0.5) is 5.82 Å². The van der Waals surface area contributed by atoms with Gasteiger partial charge in [0.15, 0.2) is 5.76 Å². The number of carbonyl (C=O) groups is 1. The molecule has 4 rings (SSSR count). The number of carbonyl (C=O) groups excluding carboxylic acids is 1. The Bertz CT molecular complexity index is 1180. The van der Waals surface area contributed by atoms with Crippen LogP contribution in [-0.4, -0.2) is 20.8 Å². The first kappa shape index (κ1) is 17.3. The van der Waals surface area contributed by atoms with Crippen molar-refractivity contribution in [2.24, 2.45) is 5.73 Å². The Labute approximate surface area is 162 Å². The number of anilines is 1. The first-order valence-corrected chi connectivity index (χ1v) is 8.48. The van der Waals surface area contributed by atoms with Crippen molar-refractivity contribution in [1.29, 1.82) is 0 Å². The molecule has 0 bridgehead atoms. The number of amides is 1. The maximum atomic E-state index is 12.0. The number of nitrogen functional groups attached to an aromatic ring is 1. The van der Waals surface area contributed by atoms with Gasteiger partial charge < -0.3 is 21.0 Å². The number of furan rings is 1. The van der Waals surface area contributed by atoms with Crippen LogP contribution in [0.25, 0.3) is 28.1 Å². The van der Waals surface area contributed by atoms with E-state index < -0.39 is 5.91 Å². The summed E-state index contributed by atoms with van der Waals surface area (Å²) >= 11 is 12.4. The molecule has 0 saturated carbocycles. The SMILES string of the molecule is NC(=O)c1c(-c2cc3ccccc3o2)nn(-c2c(Cl)ccc(O)c2Cl)c1N. The van der Waals surface area contributed by atoms with E-state index in [2.05, 4.69) is 5.10 Å². The van der Waals surface area contributed by atoms with Crippen molar-refractivity contribution in [3.8, 4) is 22.9 Å². The van der Waals surface area contributed by atoms with E-state index in [-0.39, 0.29) is 38.6 Å². The molecule has 136 valence electrons. The third-order valence-electron chi connectivity index (χ3n) is 4.08. The molecule has 0 aliphatic heterocycles. The average Bonchev–Trinajstić information content (AvgIpc) is 3.20. The number of nitrogens with two attached hydrogens (primary N) is 2. The molecule has 7 nitrogen and oxygen atoms in total. The lowest BCUT2D eigenvalue weighted by Crippen LogP contribution is -2.14. The second kappa shape index (κ2) is 6.22. The van der Waals surface area contributed by atoms with Crippen molar-refractivity contribution < 1.29 is 14.3 Å². The van der Waals surface area contributed by atoms with E-state index in [1.165, 1.54) is 12.1 Å². The number of benzene rings is 2. The highest BCUT2D eigenvalue weighted by atomic mass is 35.5. The maximum Gasteiger partial charge on any atom is 0.254 e. The fourth-order valence-corrected chi connectivity index (χ4v) is 3.37. The molecule has 0 aliphatic rings. The Hall–Kier alpha value is -3.16. The number of aromatic nitrogens is 2. The molecule has 27 heavy (non-hydrogen) atoms. The Morgan fingerprint density at radius 2 is 1.93 bits per heavy atom. The van der Waals surface area contributed by atoms with E-state index in [1.54, 1.807) is 12.1 Å². The van der Waals surface area contributed by atoms with E-state index in [9.17, 15) is 9.90 Å². The molecule has 0 saturated heterocycles. The largest absolute Gasteiger partial charge is 0.506 e. The van der Waals surface area contributed by atoms with Gasteiger partial charge in [-0.25, -0.2) is 4.68 Å². The van der Waals surface area contributed by atoms with Crippen molar-refractivity contribution in [3.05, 3.63) is 58.1 Å². The number of phenols is 1. The van der Waals surface area contributed by atoms with Gasteiger partial charge in [0, 0.05) is 5.39 Å². The van der Waals surface area contributed by atoms with E-state index in [0.29, 0.717) is 11.3 Å². The second-order valence-corrected chi connectivity index (χ2v) is 6.55. The van der Waals surface area contributed by atoms with Crippen molar-refractivity contribution in [1.82, 2.24) is 9.78 Å².